The highest BCUT2D eigenvalue weighted by Crippen LogP contribution is 2.48. The fraction of sp³-hybridized carbons (Fsp3) is 0.586. The lowest BCUT2D eigenvalue weighted by Gasteiger charge is -2.34. The molecule has 220 valence electrons. The zero-order valence-corrected chi connectivity index (χ0v) is 24.8. The fourth-order valence-corrected chi connectivity index (χ4v) is 7.23. The van der Waals surface area contributed by atoms with E-state index < -0.39 is 15.9 Å². The van der Waals surface area contributed by atoms with Gasteiger partial charge >= 0.3 is 6.03 Å². The third-order valence-electron chi connectivity index (χ3n) is 9.10. The summed E-state index contributed by atoms with van der Waals surface area (Å²) in [4.78, 5) is 41.7. The molecule has 0 radical (unpaired) electrons. The highest BCUT2D eigenvalue weighted by Gasteiger charge is 2.42. The number of nitrogens with one attached hydrogen (secondary N) is 2. The largest absolute Gasteiger partial charge is 0.370 e. The van der Waals surface area contributed by atoms with Crippen LogP contribution in [-0.4, -0.2) is 73.5 Å². The standard InChI is InChI=1S/C29H39N7O4S/c1-28(2)18-20-6-5-14-30-22-7-4-8-24(31-22)41(39,40)33-26(37)21-9-10-23(32-25(21)36(28)19-20)35-17-16-34(27(35)38)15-13-29(3)11-12-29/h4,7-10,20H,5-6,11-19H2,1-3H3,(H,30,31)(H,33,37)/t20-/m0/s1. The van der Waals surface area contributed by atoms with Gasteiger partial charge in [0.2, 0.25) is 0 Å². The number of carbonyl (C=O) groups excluding carboxylic acids is 2. The first kappa shape index (κ1) is 27.7. The number of rotatable bonds is 4. The fourth-order valence-electron chi connectivity index (χ4n) is 6.30. The Balaban J connectivity index is 1.35. The monoisotopic (exact) mass is 581 g/mol. The molecule has 4 bridgehead atoms. The Morgan fingerprint density at radius 3 is 2.63 bits per heavy atom. The summed E-state index contributed by atoms with van der Waals surface area (Å²) in [5.41, 5.74) is 0.195. The van der Waals surface area contributed by atoms with Gasteiger partial charge in [0.15, 0.2) is 5.03 Å². The average molecular weight is 582 g/mol. The predicted octanol–water partition coefficient (Wildman–Crippen LogP) is 3.84. The maximum absolute atomic E-state index is 13.6. The van der Waals surface area contributed by atoms with Crippen molar-refractivity contribution in [1.29, 1.82) is 0 Å². The topological polar surface area (TPSA) is 128 Å². The first-order valence-electron chi connectivity index (χ1n) is 14.6. The third kappa shape index (κ3) is 5.58. The number of sulfonamides is 1. The van der Waals surface area contributed by atoms with Crippen LogP contribution in [0.1, 0.15) is 69.7 Å². The van der Waals surface area contributed by atoms with Crippen LogP contribution in [0.3, 0.4) is 0 Å². The molecule has 3 fully saturated rings. The Labute approximate surface area is 241 Å². The van der Waals surface area contributed by atoms with Gasteiger partial charge in [0, 0.05) is 38.3 Å². The SMILES string of the molecule is CC1(CCN2CCN(c3ccc4c(n3)N3C[C@@H](CCCNc5cccc(n5)S(=O)(=O)NC4=O)CC3(C)C)C2=O)CC1. The summed E-state index contributed by atoms with van der Waals surface area (Å²) in [6, 6.07) is 7.84. The number of urea groups is 1. The normalized spacial score (nSPS) is 24.7. The van der Waals surface area contributed by atoms with Gasteiger partial charge in [0.1, 0.15) is 17.5 Å². The summed E-state index contributed by atoms with van der Waals surface area (Å²) in [6.45, 7) is 9.72. The van der Waals surface area contributed by atoms with Crippen LogP contribution in [0.15, 0.2) is 35.4 Å². The first-order valence-corrected chi connectivity index (χ1v) is 16.1. The number of fused-ring (bicyclic) bond motifs is 6. The molecule has 41 heavy (non-hydrogen) atoms. The molecule has 2 saturated heterocycles. The number of amides is 3. The van der Waals surface area contributed by atoms with Crippen LogP contribution in [0.25, 0.3) is 0 Å². The van der Waals surface area contributed by atoms with Gasteiger partial charge in [-0.2, -0.15) is 8.42 Å². The van der Waals surface area contributed by atoms with Gasteiger partial charge in [-0.15, -0.1) is 0 Å². The summed E-state index contributed by atoms with van der Waals surface area (Å²) in [6.07, 6.45) is 6.18. The molecular formula is C29H39N7O4S. The number of hydrogen-bond donors (Lipinski definition) is 2. The molecule has 5 heterocycles. The van der Waals surface area contributed by atoms with E-state index in [1.165, 1.54) is 18.9 Å². The zero-order chi connectivity index (χ0) is 29.0. The van der Waals surface area contributed by atoms with Crippen LogP contribution in [0.4, 0.5) is 22.2 Å². The van der Waals surface area contributed by atoms with Gasteiger partial charge < -0.3 is 15.1 Å². The molecule has 6 rings (SSSR count). The van der Waals surface area contributed by atoms with E-state index in [0.29, 0.717) is 55.0 Å². The summed E-state index contributed by atoms with van der Waals surface area (Å²) in [7, 11) is -4.24. The molecule has 3 amide bonds. The lowest BCUT2D eigenvalue weighted by molar-refractivity contribution is 0.0981. The second-order valence-corrected chi connectivity index (χ2v) is 14.5. The number of nitrogens with zero attached hydrogens (tertiary/aromatic N) is 5. The smallest absolute Gasteiger partial charge is 0.325 e. The Hall–Kier alpha value is -3.41. The number of hydrogen-bond acceptors (Lipinski definition) is 8. The number of anilines is 3. The summed E-state index contributed by atoms with van der Waals surface area (Å²) < 4.78 is 28.6. The molecule has 1 atom stereocenters. The molecular weight excluding hydrogens is 542 g/mol. The van der Waals surface area contributed by atoms with Crippen molar-refractivity contribution >= 4 is 39.4 Å². The van der Waals surface area contributed by atoms with Crippen LogP contribution in [0.5, 0.6) is 0 Å². The lowest BCUT2D eigenvalue weighted by atomic mass is 9.93. The molecule has 0 unspecified atom stereocenters. The number of aromatic nitrogens is 2. The minimum atomic E-state index is -4.24. The van der Waals surface area contributed by atoms with Crippen molar-refractivity contribution in [2.24, 2.45) is 11.3 Å². The average Bonchev–Trinajstić information content (AvgIpc) is 3.42. The van der Waals surface area contributed by atoms with Crippen molar-refractivity contribution in [3.05, 3.63) is 35.9 Å². The second kappa shape index (κ2) is 10.1. The van der Waals surface area contributed by atoms with Gasteiger partial charge in [-0.05, 0) is 88.0 Å². The van der Waals surface area contributed by atoms with Crippen molar-refractivity contribution in [1.82, 2.24) is 19.6 Å². The molecule has 3 aliphatic heterocycles. The lowest BCUT2D eigenvalue weighted by Crippen LogP contribution is -2.41. The van der Waals surface area contributed by atoms with E-state index in [0.717, 1.165) is 32.2 Å². The zero-order valence-electron chi connectivity index (χ0n) is 24.0. The van der Waals surface area contributed by atoms with E-state index in [1.807, 2.05) is 4.90 Å². The Kier molecular flexibility index (Phi) is 6.87. The second-order valence-electron chi connectivity index (χ2n) is 12.9. The van der Waals surface area contributed by atoms with E-state index >= 15 is 0 Å². The van der Waals surface area contributed by atoms with E-state index in [2.05, 4.69) is 40.7 Å². The molecule has 11 nitrogen and oxygen atoms in total. The highest BCUT2D eigenvalue weighted by atomic mass is 32.2. The van der Waals surface area contributed by atoms with Gasteiger partial charge in [-0.25, -0.2) is 19.5 Å². The van der Waals surface area contributed by atoms with Gasteiger partial charge in [0.05, 0.1) is 5.56 Å². The number of pyridine rings is 2. The molecule has 0 spiro atoms. The maximum Gasteiger partial charge on any atom is 0.325 e. The summed E-state index contributed by atoms with van der Waals surface area (Å²) >= 11 is 0. The molecule has 12 heteroatoms. The molecule has 2 N–H and O–H groups in total. The Morgan fingerprint density at radius 1 is 1.05 bits per heavy atom. The van der Waals surface area contributed by atoms with Crippen molar-refractivity contribution < 1.29 is 18.0 Å². The highest BCUT2D eigenvalue weighted by molar-refractivity contribution is 7.90. The number of carbonyl (C=O) groups is 2. The van der Waals surface area contributed by atoms with Crippen LogP contribution >= 0.6 is 0 Å². The predicted molar refractivity (Wildman–Crippen MR) is 157 cm³/mol. The van der Waals surface area contributed by atoms with Crippen LogP contribution in [0.2, 0.25) is 0 Å². The van der Waals surface area contributed by atoms with Crippen molar-refractivity contribution in [2.45, 2.75) is 69.9 Å². The van der Waals surface area contributed by atoms with Gasteiger partial charge in [-0.3, -0.25) is 9.69 Å². The van der Waals surface area contributed by atoms with Crippen LogP contribution < -0.4 is 19.8 Å². The van der Waals surface area contributed by atoms with Crippen LogP contribution in [0, 0.1) is 11.3 Å². The minimum Gasteiger partial charge on any atom is -0.370 e. The molecule has 4 aliphatic rings. The van der Waals surface area contributed by atoms with Crippen LogP contribution in [-0.2, 0) is 10.0 Å². The van der Waals surface area contributed by atoms with E-state index in [-0.39, 0.29) is 22.2 Å². The van der Waals surface area contributed by atoms with Crippen molar-refractivity contribution in [3.63, 3.8) is 0 Å². The quantitative estimate of drug-likeness (QED) is 0.558. The molecule has 1 saturated carbocycles. The molecule has 2 aromatic rings. The van der Waals surface area contributed by atoms with Gasteiger partial charge in [0.25, 0.3) is 15.9 Å². The molecule has 0 aromatic carbocycles. The van der Waals surface area contributed by atoms with E-state index in [4.69, 9.17) is 4.98 Å². The first-order chi connectivity index (χ1) is 19.4. The summed E-state index contributed by atoms with van der Waals surface area (Å²) in [5.74, 6) is 0.912. The summed E-state index contributed by atoms with van der Waals surface area (Å²) in [5, 5.41) is 2.98. The molecule has 1 aliphatic carbocycles. The third-order valence-corrected chi connectivity index (χ3v) is 10.3. The van der Waals surface area contributed by atoms with Crippen molar-refractivity contribution in [3.8, 4) is 0 Å². The van der Waals surface area contributed by atoms with Crippen molar-refractivity contribution in [2.75, 3.05) is 47.8 Å². The van der Waals surface area contributed by atoms with Gasteiger partial charge in [-0.1, -0.05) is 13.0 Å². The van der Waals surface area contributed by atoms with E-state index in [1.54, 1.807) is 29.2 Å². The Bertz CT molecular complexity index is 1470. The molecule has 2 aromatic heterocycles. The minimum absolute atomic E-state index is 0.0807. The van der Waals surface area contributed by atoms with E-state index in [9.17, 15) is 18.0 Å². The maximum atomic E-state index is 13.6. The Morgan fingerprint density at radius 2 is 1.85 bits per heavy atom.